The lowest BCUT2D eigenvalue weighted by molar-refractivity contribution is 0.0828. The normalized spacial score (nSPS) is 16.3. The minimum absolute atomic E-state index is 0.239. The first-order valence-electron chi connectivity index (χ1n) is 10.3. The van der Waals surface area contributed by atoms with E-state index < -0.39 is 0 Å². The summed E-state index contributed by atoms with van der Waals surface area (Å²) in [5.41, 5.74) is 0. The summed E-state index contributed by atoms with van der Waals surface area (Å²) in [4.78, 5) is 0. The molecule has 0 N–H and O–H groups in total. The molecule has 0 aliphatic carbocycles. The first-order chi connectivity index (χ1) is 11.9. The van der Waals surface area contributed by atoms with Gasteiger partial charge in [0.05, 0.1) is 0 Å². The van der Waals surface area contributed by atoms with Crippen LogP contribution in [-0.2, 0) is 0 Å². The number of unbranched alkanes of at least 4 members (excludes halogenated alkanes) is 11. The minimum atomic E-state index is 0.239. The number of ether oxygens (including phenoxy) is 2. The Morgan fingerprint density at radius 2 is 1.29 bits per heavy atom. The molecule has 0 fully saturated rings. The molecule has 1 unspecified atom stereocenters. The van der Waals surface area contributed by atoms with Crippen LogP contribution in [-0.4, -0.2) is 12.7 Å². The number of fused-ring (bicyclic) bond motifs is 1. The van der Waals surface area contributed by atoms with Crippen LogP contribution in [0.25, 0.3) is 0 Å². The lowest BCUT2D eigenvalue weighted by Gasteiger charge is -2.26. The second kappa shape index (κ2) is 12.2. The Hall–Kier alpha value is -1.18. The van der Waals surface area contributed by atoms with E-state index in [1.165, 1.54) is 77.0 Å². The van der Waals surface area contributed by atoms with Gasteiger partial charge in [0.2, 0.25) is 0 Å². The molecule has 0 radical (unpaired) electrons. The monoisotopic (exact) mass is 332 g/mol. The Labute approximate surface area is 148 Å². The van der Waals surface area contributed by atoms with Crippen molar-refractivity contribution in [3.63, 3.8) is 0 Å². The lowest BCUT2D eigenvalue weighted by Crippen LogP contribution is -2.28. The molecule has 0 aromatic heterocycles. The lowest BCUT2D eigenvalue weighted by atomic mass is 10.0. The topological polar surface area (TPSA) is 18.5 Å². The Kier molecular flexibility index (Phi) is 9.75. The van der Waals surface area contributed by atoms with Crippen LogP contribution in [0.1, 0.15) is 90.4 Å². The third-order valence-corrected chi connectivity index (χ3v) is 4.95. The zero-order valence-corrected chi connectivity index (χ0v) is 15.6. The molecule has 1 aromatic carbocycles. The molecule has 0 bridgehead atoms. The molecule has 2 nitrogen and oxygen atoms in total. The van der Waals surface area contributed by atoms with E-state index in [4.69, 9.17) is 9.47 Å². The Morgan fingerprint density at radius 1 is 0.750 bits per heavy atom. The van der Waals surface area contributed by atoms with Crippen molar-refractivity contribution in [2.45, 2.75) is 96.5 Å². The third kappa shape index (κ3) is 7.59. The third-order valence-electron chi connectivity index (χ3n) is 4.95. The van der Waals surface area contributed by atoms with Gasteiger partial charge in [0, 0.05) is 0 Å². The van der Waals surface area contributed by atoms with E-state index in [-0.39, 0.29) is 6.10 Å². The highest BCUT2D eigenvalue weighted by molar-refractivity contribution is 5.40. The molecular formula is C22H36O2. The maximum atomic E-state index is 6.01. The van der Waals surface area contributed by atoms with Crippen molar-refractivity contribution in [1.29, 1.82) is 0 Å². The Morgan fingerprint density at radius 3 is 1.92 bits per heavy atom. The van der Waals surface area contributed by atoms with E-state index in [0.717, 1.165) is 17.9 Å². The fourth-order valence-corrected chi connectivity index (χ4v) is 3.42. The van der Waals surface area contributed by atoms with E-state index in [1.807, 2.05) is 24.3 Å². The fraction of sp³-hybridized carbons (Fsp3) is 0.727. The number of benzene rings is 1. The summed E-state index contributed by atoms with van der Waals surface area (Å²) in [6.07, 6.45) is 18.1. The predicted octanol–water partition coefficient (Wildman–Crippen LogP) is 6.92. The van der Waals surface area contributed by atoms with Crippen molar-refractivity contribution in [3.05, 3.63) is 24.3 Å². The summed E-state index contributed by atoms with van der Waals surface area (Å²) < 4.78 is 11.8. The van der Waals surface area contributed by atoms with Crippen LogP contribution in [0.2, 0.25) is 0 Å². The van der Waals surface area contributed by atoms with Gasteiger partial charge < -0.3 is 9.47 Å². The highest BCUT2D eigenvalue weighted by Crippen LogP contribution is 2.32. The van der Waals surface area contributed by atoms with E-state index >= 15 is 0 Å². The molecule has 1 aliphatic rings. The summed E-state index contributed by atoms with van der Waals surface area (Å²) >= 11 is 0. The largest absolute Gasteiger partial charge is 0.486 e. The van der Waals surface area contributed by atoms with Crippen molar-refractivity contribution in [1.82, 2.24) is 0 Å². The second-order valence-electron chi connectivity index (χ2n) is 7.18. The number of para-hydroxylation sites is 2. The summed E-state index contributed by atoms with van der Waals surface area (Å²) in [5, 5.41) is 0. The van der Waals surface area contributed by atoms with Crippen LogP contribution < -0.4 is 9.47 Å². The van der Waals surface area contributed by atoms with Crippen molar-refractivity contribution in [2.75, 3.05) is 6.61 Å². The summed E-state index contributed by atoms with van der Waals surface area (Å²) in [7, 11) is 0. The van der Waals surface area contributed by atoms with E-state index in [0.29, 0.717) is 6.61 Å². The first kappa shape index (κ1) is 19.1. The zero-order chi connectivity index (χ0) is 16.9. The molecule has 0 saturated heterocycles. The van der Waals surface area contributed by atoms with Crippen LogP contribution in [0.15, 0.2) is 24.3 Å². The SMILES string of the molecule is CCCCCCCCCCCCCCC1COc2ccccc2O1. The van der Waals surface area contributed by atoms with Gasteiger partial charge in [-0.1, -0.05) is 89.7 Å². The van der Waals surface area contributed by atoms with Crippen LogP contribution in [0, 0.1) is 0 Å². The number of hydrogen-bond acceptors (Lipinski definition) is 2. The van der Waals surface area contributed by atoms with Gasteiger partial charge in [-0.2, -0.15) is 0 Å². The molecule has 0 saturated carbocycles. The highest BCUT2D eigenvalue weighted by atomic mass is 16.6. The molecule has 1 aliphatic heterocycles. The van der Waals surface area contributed by atoms with Crippen LogP contribution in [0.3, 0.4) is 0 Å². The van der Waals surface area contributed by atoms with Gasteiger partial charge in [0.1, 0.15) is 12.7 Å². The van der Waals surface area contributed by atoms with Crippen molar-refractivity contribution in [2.24, 2.45) is 0 Å². The highest BCUT2D eigenvalue weighted by Gasteiger charge is 2.19. The van der Waals surface area contributed by atoms with Crippen LogP contribution in [0.5, 0.6) is 11.5 Å². The molecule has 1 atom stereocenters. The first-order valence-corrected chi connectivity index (χ1v) is 10.3. The molecule has 2 heteroatoms. The minimum Gasteiger partial charge on any atom is -0.486 e. The van der Waals surface area contributed by atoms with Crippen LogP contribution in [0.4, 0.5) is 0 Å². The Balaban J connectivity index is 1.39. The average molecular weight is 333 g/mol. The molecule has 1 aromatic rings. The quantitative estimate of drug-likeness (QED) is 0.365. The zero-order valence-electron chi connectivity index (χ0n) is 15.6. The van der Waals surface area contributed by atoms with Gasteiger partial charge in [-0.25, -0.2) is 0 Å². The number of rotatable bonds is 13. The van der Waals surface area contributed by atoms with Gasteiger partial charge in [-0.3, -0.25) is 0 Å². The number of hydrogen-bond donors (Lipinski definition) is 0. The molecule has 2 rings (SSSR count). The van der Waals surface area contributed by atoms with Gasteiger partial charge in [0.25, 0.3) is 0 Å². The molecule has 1 heterocycles. The summed E-state index contributed by atoms with van der Waals surface area (Å²) in [5.74, 6) is 1.80. The van der Waals surface area contributed by atoms with Gasteiger partial charge >= 0.3 is 0 Å². The molecule has 24 heavy (non-hydrogen) atoms. The molecular weight excluding hydrogens is 296 g/mol. The van der Waals surface area contributed by atoms with Crippen molar-refractivity contribution in [3.8, 4) is 11.5 Å². The van der Waals surface area contributed by atoms with Gasteiger partial charge in [0.15, 0.2) is 11.5 Å². The van der Waals surface area contributed by atoms with Crippen LogP contribution >= 0.6 is 0 Å². The van der Waals surface area contributed by atoms with Crippen molar-refractivity contribution >= 4 is 0 Å². The molecule has 136 valence electrons. The second-order valence-corrected chi connectivity index (χ2v) is 7.18. The maximum Gasteiger partial charge on any atom is 0.161 e. The van der Waals surface area contributed by atoms with Gasteiger partial charge in [-0.05, 0) is 25.0 Å². The fourth-order valence-electron chi connectivity index (χ4n) is 3.42. The maximum absolute atomic E-state index is 6.01. The summed E-state index contributed by atoms with van der Waals surface area (Å²) in [6.45, 7) is 2.99. The van der Waals surface area contributed by atoms with E-state index in [1.54, 1.807) is 0 Å². The van der Waals surface area contributed by atoms with Gasteiger partial charge in [-0.15, -0.1) is 0 Å². The molecule has 0 spiro atoms. The predicted molar refractivity (Wildman–Crippen MR) is 102 cm³/mol. The summed E-state index contributed by atoms with van der Waals surface area (Å²) in [6, 6.07) is 7.99. The Bertz CT molecular complexity index is 430. The molecule has 0 amide bonds. The van der Waals surface area contributed by atoms with E-state index in [2.05, 4.69) is 6.92 Å². The standard InChI is InChI=1S/C22H36O2/c1-2-3-4-5-6-7-8-9-10-11-12-13-16-20-19-23-21-17-14-15-18-22(21)24-20/h14-15,17-18,20H,2-13,16,19H2,1H3. The van der Waals surface area contributed by atoms with E-state index in [9.17, 15) is 0 Å². The van der Waals surface area contributed by atoms with Crippen molar-refractivity contribution < 1.29 is 9.47 Å². The smallest absolute Gasteiger partial charge is 0.161 e. The average Bonchev–Trinajstić information content (AvgIpc) is 2.62.